The second-order valence-corrected chi connectivity index (χ2v) is 10.9. The lowest BCUT2D eigenvalue weighted by Gasteiger charge is -2.41. The zero-order valence-corrected chi connectivity index (χ0v) is 23.0. The maximum atomic E-state index is 13.8. The quantitative estimate of drug-likeness (QED) is 0.549. The van der Waals surface area contributed by atoms with Crippen LogP contribution >= 0.6 is 0 Å². The molecular weight excluding hydrogens is 535 g/mol. The van der Waals surface area contributed by atoms with Gasteiger partial charge in [-0.05, 0) is 62.6 Å². The molecule has 2 unspecified atom stereocenters. The van der Waals surface area contributed by atoms with E-state index in [4.69, 9.17) is 0 Å². The van der Waals surface area contributed by atoms with E-state index in [1.165, 1.54) is 36.2 Å². The topological polar surface area (TPSA) is 96.7 Å². The second-order valence-electron chi connectivity index (χ2n) is 10.9. The van der Waals surface area contributed by atoms with Gasteiger partial charge in [-0.15, -0.1) is 0 Å². The molecular formula is C30H30F3N5O3. The van der Waals surface area contributed by atoms with Crippen LogP contribution in [0.4, 0.5) is 23.7 Å². The third kappa shape index (κ3) is 5.20. The molecule has 1 fully saturated rings. The average molecular weight is 566 g/mol. The number of nitrogens with zero attached hydrogens (tertiary/aromatic N) is 4. The molecule has 2 heterocycles. The van der Waals surface area contributed by atoms with E-state index in [-0.39, 0.29) is 47.1 Å². The van der Waals surface area contributed by atoms with Crippen LogP contribution in [0.15, 0.2) is 53.7 Å². The van der Waals surface area contributed by atoms with Crippen LogP contribution in [0.2, 0.25) is 0 Å². The van der Waals surface area contributed by atoms with Gasteiger partial charge in [-0.2, -0.15) is 18.4 Å². The summed E-state index contributed by atoms with van der Waals surface area (Å²) in [5, 5.41) is 12.6. The summed E-state index contributed by atoms with van der Waals surface area (Å²) in [6.07, 6.45) is -3.59. The Labute approximate surface area is 236 Å². The van der Waals surface area contributed by atoms with Crippen molar-refractivity contribution >= 4 is 23.4 Å². The highest BCUT2D eigenvalue weighted by atomic mass is 19.4. The van der Waals surface area contributed by atoms with Gasteiger partial charge in [-0.25, -0.2) is 4.79 Å². The number of nitrogens with one attached hydrogen (secondary N) is 1. The van der Waals surface area contributed by atoms with Crippen molar-refractivity contribution in [2.45, 2.75) is 57.4 Å². The maximum absolute atomic E-state index is 13.8. The molecule has 0 bridgehead atoms. The number of hydrogen-bond acceptors (Lipinski definition) is 5. The van der Waals surface area contributed by atoms with E-state index in [2.05, 4.69) is 24.1 Å². The van der Waals surface area contributed by atoms with Crippen molar-refractivity contribution in [2.75, 3.05) is 25.0 Å². The third-order valence-corrected chi connectivity index (χ3v) is 8.06. The molecule has 1 aliphatic carbocycles. The molecule has 214 valence electrons. The van der Waals surface area contributed by atoms with Crippen molar-refractivity contribution in [2.24, 2.45) is 0 Å². The zero-order chi connectivity index (χ0) is 29.6. The molecule has 1 N–H and O–H groups in total. The Morgan fingerprint density at radius 1 is 1.12 bits per heavy atom. The number of likely N-dealkylation sites (N-methyl/N-ethyl adjacent to an activating group) is 1. The summed E-state index contributed by atoms with van der Waals surface area (Å²) in [6, 6.07) is 9.69. The first-order valence-electron chi connectivity index (χ1n) is 13.5. The van der Waals surface area contributed by atoms with Crippen molar-refractivity contribution in [1.29, 1.82) is 5.26 Å². The van der Waals surface area contributed by atoms with Gasteiger partial charge in [0.1, 0.15) is 0 Å². The largest absolute Gasteiger partial charge is 0.416 e. The Kier molecular flexibility index (Phi) is 7.38. The number of amides is 3. The number of alkyl halides is 3. The minimum Gasteiger partial charge on any atom is -0.348 e. The molecule has 5 rings (SSSR count). The fraction of sp³-hybridized carbons (Fsp3) is 0.400. The zero-order valence-electron chi connectivity index (χ0n) is 23.0. The molecule has 2 atom stereocenters. The normalized spacial score (nSPS) is 21.5. The van der Waals surface area contributed by atoms with Crippen molar-refractivity contribution in [3.63, 3.8) is 0 Å². The minimum absolute atomic E-state index is 0.00561. The molecule has 2 aromatic carbocycles. The lowest BCUT2D eigenvalue weighted by atomic mass is 9.88. The average Bonchev–Trinajstić information content (AvgIpc) is 3.56. The van der Waals surface area contributed by atoms with E-state index in [0.717, 1.165) is 30.0 Å². The molecule has 0 radical (unpaired) electrons. The molecule has 0 spiro atoms. The summed E-state index contributed by atoms with van der Waals surface area (Å²) in [7, 11) is 1.46. The van der Waals surface area contributed by atoms with Crippen LogP contribution in [0.5, 0.6) is 0 Å². The van der Waals surface area contributed by atoms with Gasteiger partial charge in [-0.3, -0.25) is 19.4 Å². The van der Waals surface area contributed by atoms with E-state index in [1.807, 2.05) is 6.07 Å². The summed E-state index contributed by atoms with van der Waals surface area (Å²) in [4.78, 5) is 45.4. The van der Waals surface area contributed by atoms with Crippen LogP contribution < -0.4 is 10.2 Å². The molecule has 41 heavy (non-hydrogen) atoms. The summed E-state index contributed by atoms with van der Waals surface area (Å²) < 4.78 is 40.4. The number of anilines is 1. The smallest absolute Gasteiger partial charge is 0.348 e. The van der Waals surface area contributed by atoms with Gasteiger partial charge in [0.05, 0.1) is 28.9 Å². The fourth-order valence-electron chi connectivity index (χ4n) is 5.93. The van der Waals surface area contributed by atoms with E-state index < -0.39 is 29.7 Å². The number of allylic oxidation sites excluding steroid dienone is 1. The third-order valence-electron chi connectivity index (χ3n) is 8.06. The number of rotatable bonds is 5. The molecule has 3 amide bonds. The number of Topliss-reactive ketones (excluding diaryl/α,β-unsaturated/α-hetero) is 1. The Morgan fingerprint density at radius 2 is 1.88 bits per heavy atom. The van der Waals surface area contributed by atoms with Crippen LogP contribution in [-0.2, 0) is 11.0 Å². The molecule has 2 aromatic rings. The number of nitriles is 1. The van der Waals surface area contributed by atoms with Crippen molar-refractivity contribution in [3.05, 3.63) is 76.0 Å². The number of carbonyl (C=O) groups excluding carboxylic acids is 3. The Morgan fingerprint density at radius 3 is 2.54 bits per heavy atom. The highest BCUT2D eigenvalue weighted by Gasteiger charge is 2.46. The first-order chi connectivity index (χ1) is 19.4. The predicted molar refractivity (Wildman–Crippen MR) is 145 cm³/mol. The van der Waals surface area contributed by atoms with Gasteiger partial charge < -0.3 is 10.2 Å². The Hall–Kier alpha value is -4.17. The lowest BCUT2D eigenvalue weighted by Crippen LogP contribution is -2.48. The van der Waals surface area contributed by atoms with Crippen LogP contribution in [0.3, 0.4) is 0 Å². The fourth-order valence-corrected chi connectivity index (χ4v) is 5.93. The van der Waals surface area contributed by atoms with E-state index >= 15 is 0 Å². The van der Waals surface area contributed by atoms with E-state index in [1.54, 1.807) is 6.07 Å². The number of ketones is 1. The molecule has 2 aliphatic heterocycles. The highest BCUT2D eigenvalue weighted by molar-refractivity contribution is 6.09. The first kappa shape index (κ1) is 28.4. The summed E-state index contributed by atoms with van der Waals surface area (Å²) >= 11 is 0. The van der Waals surface area contributed by atoms with Gasteiger partial charge >= 0.3 is 12.2 Å². The summed E-state index contributed by atoms with van der Waals surface area (Å²) in [5.74, 6) is -0.665. The van der Waals surface area contributed by atoms with Gasteiger partial charge in [0, 0.05) is 55.5 Å². The van der Waals surface area contributed by atoms with Crippen LogP contribution in [-0.4, -0.2) is 59.7 Å². The molecule has 1 saturated heterocycles. The number of carbonyl (C=O) groups is 3. The Bertz CT molecular complexity index is 1490. The monoisotopic (exact) mass is 565 g/mol. The van der Waals surface area contributed by atoms with E-state index in [0.29, 0.717) is 23.8 Å². The number of likely N-dealkylation sites (tertiary alicyclic amines) is 1. The van der Waals surface area contributed by atoms with Crippen molar-refractivity contribution in [3.8, 4) is 6.07 Å². The van der Waals surface area contributed by atoms with Gasteiger partial charge in [0.25, 0.3) is 5.91 Å². The molecule has 11 heteroatoms. The first-order valence-corrected chi connectivity index (χ1v) is 13.5. The predicted octanol–water partition coefficient (Wildman–Crippen LogP) is 5.02. The number of benzene rings is 2. The van der Waals surface area contributed by atoms with Gasteiger partial charge in [-0.1, -0.05) is 12.1 Å². The summed E-state index contributed by atoms with van der Waals surface area (Å²) in [5.41, 5.74) is 0.477. The van der Waals surface area contributed by atoms with Gasteiger partial charge in [0.15, 0.2) is 5.78 Å². The lowest BCUT2D eigenvalue weighted by molar-refractivity contribution is -0.137. The highest BCUT2D eigenvalue weighted by Crippen LogP contribution is 2.45. The van der Waals surface area contributed by atoms with Crippen molar-refractivity contribution in [1.82, 2.24) is 15.1 Å². The number of halogens is 3. The maximum Gasteiger partial charge on any atom is 0.416 e. The number of urea groups is 1. The van der Waals surface area contributed by atoms with E-state index in [9.17, 15) is 32.8 Å². The molecule has 3 aliphatic rings. The summed E-state index contributed by atoms with van der Waals surface area (Å²) in [6.45, 7) is 5.68. The SMILES string of the molecule is CC(C)N1CCC(NC(=O)c2cc(C#N)ccc2C2C3=C(CCC3=O)N(c3cccc(C(F)(F)F)c3)C(=O)N2C)C1. The second kappa shape index (κ2) is 10.7. The van der Waals surface area contributed by atoms with Crippen LogP contribution in [0, 0.1) is 11.3 Å². The molecule has 8 nitrogen and oxygen atoms in total. The molecule has 0 aromatic heterocycles. The number of hydrogen-bond donors (Lipinski definition) is 1. The van der Waals surface area contributed by atoms with Crippen LogP contribution in [0.1, 0.15) is 66.2 Å². The van der Waals surface area contributed by atoms with Crippen molar-refractivity contribution < 1.29 is 27.6 Å². The minimum atomic E-state index is -4.61. The molecule has 0 saturated carbocycles. The standard InChI is InChI=1S/C30H30F3N5O3/c1-17(2)37-12-11-20(16-37)35-28(40)23-13-18(15-34)7-8-22(23)27-26-24(9-10-25(26)39)38(29(41)36(27)3)21-6-4-5-19(14-21)30(31,32)33/h4-8,13-14,17,20,27H,9-12,16H2,1-3H3,(H,35,40). The van der Waals surface area contributed by atoms with Crippen LogP contribution in [0.25, 0.3) is 0 Å². The Balaban J connectivity index is 1.57. The van der Waals surface area contributed by atoms with Gasteiger partial charge in [0.2, 0.25) is 0 Å².